The van der Waals surface area contributed by atoms with Crippen molar-refractivity contribution in [2.24, 2.45) is 5.41 Å². The van der Waals surface area contributed by atoms with Crippen molar-refractivity contribution in [2.45, 2.75) is 32.2 Å². The molecule has 1 unspecified atom stereocenters. The van der Waals surface area contributed by atoms with Crippen molar-refractivity contribution in [1.29, 1.82) is 0 Å². The van der Waals surface area contributed by atoms with Crippen molar-refractivity contribution in [3.63, 3.8) is 0 Å². The third-order valence-electron chi connectivity index (χ3n) is 5.07. The van der Waals surface area contributed by atoms with E-state index in [4.69, 9.17) is 0 Å². The minimum atomic E-state index is -0.0373. The van der Waals surface area contributed by atoms with Gasteiger partial charge in [-0.2, -0.15) is 0 Å². The molecule has 1 amide bonds. The lowest BCUT2D eigenvalue weighted by Crippen LogP contribution is -2.42. The zero-order chi connectivity index (χ0) is 16.1. The fraction of sp³-hybridized carbons (Fsp3) is 0.647. The molecule has 23 heavy (non-hydrogen) atoms. The van der Waals surface area contributed by atoms with Gasteiger partial charge in [-0.15, -0.1) is 0 Å². The summed E-state index contributed by atoms with van der Waals surface area (Å²) >= 11 is 0. The molecule has 4 N–H and O–H groups in total. The molecular weight excluding hydrogens is 290 g/mol. The second-order valence-electron chi connectivity index (χ2n) is 6.77. The Kier molecular flexibility index (Phi) is 5.13. The Hall–Kier alpha value is -1.66. The third kappa shape index (κ3) is 4.00. The maximum atomic E-state index is 12.3. The normalized spacial score (nSPS) is 22.9. The van der Waals surface area contributed by atoms with E-state index in [2.05, 4.69) is 26.3 Å². The number of carbonyl (C=O) groups is 1. The number of rotatable bonds is 5. The van der Waals surface area contributed by atoms with Crippen LogP contribution < -0.4 is 21.3 Å². The fourth-order valence-electron chi connectivity index (χ4n) is 3.60. The second kappa shape index (κ2) is 7.27. The number of nitrogens with one attached hydrogen (secondary N) is 4. The fourth-order valence-corrected chi connectivity index (χ4v) is 3.60. The Bertz CT molecular complexity index is 542. The highest BCUT2D eigenvalue weighted by Gasteiger charge is 2.41. The van der Waals surface area contributed by atoms with Crippen LogP contribution in [0.1, 0.15) is 24.8 Å². The predicted octanol–water partition coefficient (Wildman–Crippen LogP) is 0.650. The van der Waals surface area contributed by atoms with Gasteiger partial charge in [-0.25, -0.2) is 4.98 Å². The predicted molar refractivity (Wildman–Crippen MR) is 91.4 cm³/mol. The molecule has 1 aromatic rings. The van der Waals surface area contributed by atoms with Crippen LogP contribution in [0.25, 0.3) is 0 Å². The maximum absolute atomic E-state index is 12.3. The van der Waals surface area contributed by atoms with Crippen LogP contribution in [-0.2, 0) is 4.79 Å². The lowest BCUT2D eigenvalue weighted by molar-refractivity contribution is -0.122. The molecule has 3 heterocycles. The van der Waals surface area contributed by atoms with Gasteiger partial charge in [0, 0.05) is 25.8 Å². The average Bonchev–Trinajstić information content (AvgIpc) is 2.97. The molecule has 2 fully saturated rings. The van der Waals surface area contributed by atoms with Crippen molar-refractivity contribution in [3.05, 3.63) is 23.9 Å². The van der Waals surface area contributed by atoms with Crippen LogP contribution in [0.2, 0.25) is 0 Å². The molecule has 0 saturated carbocycles. The first-order valence-electron chi connectivity index (χ1n) is 8.56. The Balaban J connectivity index is 1.39. The molecule has 6 nitrogen and oxygen atoms in total. The zero-order valence-electron chi connectivity index (χ0n) is 13.8. The number of hydrogen-bond donors (Lipinski definition) is 4. The first kappa shape index (κ1) is 16.2. The van der Waals surface area contributed by atoms with Crippen molar-refractivity contribution in [2.75, 3.05) is 38.0 Å². The molecular formula is C17H27N5O. The Morgan fingerprint density at radius 2 is 2.22 bits per heavy atom. The van der Waals surface area contributed by atoms with Crippen LogP contribution in [0.4, 0.5) is 5.82 Å². The second-order valence-corrected chi connectivity index (χ2v) is 6.77. The van der Waals surface area contributed by atoms with Gasteiger partial charge in [-0.1, -0.05) is 6.07 Å². The molecule has 0 aliphatic carbocycles. The van der Waals surface area contributed by atoms with Gasteiger partial charge in [0.2, 0.25) is 5.91 Å². The minimum absolute atomic E-state index is 0.0373. The minimum Gasteiger partial charge on any atom is -0.368 e. The molecule has 0 aromatic carbocycles. The topological polar surface area (TPSA) is 78.1 Å². The van der Waals surface area contributed by atoms with Crippen molar-refractivity contribution in [1.82, 2.24) is 20.9 Å². The van der Waals surface area contributed by atoms with Crippen LogP contribution in [-0.4, -0.2) is 49.7 Å². The number of nitrogens with zero attached hydrogens (tertiary/aromatic N) is 1. The molecule has 1 aromatic heterocycles. The van der Waals surface area contributed by atoms with Gasteiger partial charge in [-0.05, 0) is 56.3 Å². The Labute approximate surface area is 137 Å². The standard InChI is InChI=1S/C17H27N5O/c1-13-3-2-6-19-15(13)20-9-10-21-16(23)14-11-17(12-22-14)4-7-18-8-5-17/h2-3,6,14,18,22H,4-5,7-12H2,1H3,(H,19,20)(H,21,23). The van der Waals surface area contributed by atoms with Crippen molar-refractivity contribution in [3.8, 4) is 0 Å². The summed E-state index contributed by atoms with van der Waals surface area (Å²) in [5.41, 5.74) is 1.44. The van der Waals surface area contributed by atoms with Gasteiger partial charge in [0.25, 0.3) is 0 Å². The zero-order valence-corrected chi connectivity index (χ0v) is 13.8. The lowest BCUT2D eigenvalue weighted by Gasteiger charge is -2.33. The number of aryl methyl sites for hydroxylation is 1. The first-order chi connectivity index (χ1) is 11.2. The highest BCUT2D eigenvalue weighted by atomic mass is 16.2. The Morgan fingerprint density at radius 3 is 3.00 bits per heavy atom. The van der Waals surface area contributed by atoms with Crippen molar-refractivity contribution >= 4 is 11.7 Å². The summed E-state index contributed by atoms with van der Waals surface area (Å²) in [6.07, 6.45) is 5.08. The van der Waals surface area contributed by atoms with Gasteiger partial charge in [0.15, 0.2) is 0 Å². The molecule has 2 saturated heterocycles. The van der Waals surface area contributed by atoms with Gasteiger partial charge < -0.3 is 21.3 Å². The molecule has 2 aliphatic heterocycles. The SMILES string of the molecule is Cc1cccnc1NCCNC(=O)C1CC2(CCNCC2)CN1. The summed E-state index contributed by atoms with van der Waals surface area (Å²) in [6, 6.07) is 3.91. The summed E-state index contributed by atoms with van der Waals surface area (Å²) < 4.78 is 0. The van der Waals surface area contributed by atoms with Crippen LogP contribution in [0, 0.1) is 12.3 Å². The van der Waals surface area contributed by atoms with E-state index in [9.17, 15) is 4.79 Å². The van der Waals surface area contributed by atoms with Crippen LogP contribution in [0.3, 0.4) is 0 Å². The van der Waals surface area contributed by atoms with Crippen LogP contribution >= 0.6 is 0 Å². The van der Waals surface area contributed by atoms with E-state index >= 15 is 0 Å². The molecule has 0 radical (unpaired) electrons. The van der Waals surface area contributed by atoms with Crippen molar-refractivity contribution < 1.29 is 4.79 Å². The molecule has 6 heteroatoms. The largest absolute Gasteiger partial charge is 0.368 e. The molecule has 1 spiro atoms. The summed E-state index contributed by atoms with van der Waals surface area (Å²) in [4.78, 5) is 16.6. The quantitative estimate of drug-likeness (QED) is 0.600. The molecule has 126 valence electrons. The number of amides is 1. The van der Waals surface area contributed by atoms with E-state index in [1.165, 1.54) is 12.8 Å². The molecule has 3 rings (SSSR count). The summed E-state index contributed by atoms with van der Waals surface area (Å²) in [7, 11) is 0. The first-order valence-corrected chi connectivity index (χ1v) is 8.56. The molecule has 1 atom stereocenters. The van der Waals surface area contributed by atoms with Gasteiger partial charge in [-0.3, -0.25) is 4.79 Å². The number of aromatic nitrogens is 1. The van der Waals surface area contributed by atoms with Gasteiger partial charge in [0.05, 0.1) is 6.04 Å². The molecule has 2 aliphatic rings. The van der Waals surface area contributed by atoms with E-state index in [1.807, 2.05) is 19.1 Å². The number of pyridine rings is 1. The van der Waals surface area contributed by atoms with Crippen LogP contribution in [0.5, 0.6) is 0 Å². The number of anilines is 1. The van der Waals surface area contributed by atoms with E-state index in [-0.39, 0.29) is 11.9 Å². The van der Waals surface area contributed by atoms with E-state index < -0.39 is 0 Å². The maximum Gasteiger partial charge on any atom is 0.237 e. The Morgan fingerprint density at radius 1 is 1.39 bits per heavy atom. The number of piperidine rings is 1. The van der Waals surface area contributed by atoms with Gasteiger partial charge >= 0.3 is 0 Å². The number of carbonyl (C=O) groups excluding carboxylic acids is 1. The number of hydrogen-bond acceptors (Lipinski definition) is 5. The lowest BCUT2D eigenvalue weighted by atomic mass is 9.77. The summed E-state index contributed by atoms with van der Waals surface area (Å²) in [5.74, 6) is 1.01. The monoisotopic (exact) mass is 317 g/mol. The van der Waals surface area contributed by atoms with E-state index in [1.54, 1.807) is 6.20 Å². The molecule has 0 bridgehead atoms. The van der Waals surface area contributed by atoms with Crippen LogP contribution in [0.15, 0.2) is 18.3 Å². The summed E-state index contributed by atoms with van der Waals surface area (Å²) in [6.45, 7) is 6.44. The average molecular weight is 317 g/mol. The third-order valence-corrected chi connectivity index (χ3v) is 5.07. The van der Waals surface area contributed by atoms with E-state index in [0.717, 1.165) is 37.4 Å². The van der Waals surface area contributed by atoms with Gasteiger partial charge in [0.1, 0.15) is 5.82 Å². The van der Waals surface area contributed by atoms with E-state index in [0.29, 0.717) is 18.5 Å². The highest BCUT2D eigenvalue weighted by Crippen LogP contribution is 2.37. The summed E-state index contributed by atoms with van der Waals surface area (Å²) in [5, 5.41) is 13.1. The smallest absolute Gasteiger partial charge is 0.237 e. The highest BCUT2D eigenvalue weighted by molar-refractivity contribution is 5.82.